The smallest absolute Gasteiger partial charge is 0.341 e. The molecule has 0 bridgehead atoms. The third-order valence-electron chi connectivity index (χ3n) is 3.35. The summed E-state index contributed by atoms with van der Waals surface area (Å²) in [4.78, 5) is 22.6. The molecular weight excluding hydrogens is 292 g/mol. The third-order valence-corrected chi connectivity index (χ3v) is 3.35. The Morgan fingerprint density at radius 2 is 1.78 bits per heavy atom. The highest BCUT2D eigenvalue weighted by atomic mass is 16.5. The summed E-state index contributed by atoms with van der Waals surface area (Å²) < 4.78 is 5.03. The number of carbonyl (C=O) groups is 2. The van der Waals surface area contributed by atoms with Crippen molar-refractivity contribution >= 4 is 17.8 Å². The van der Waals surface area contributed by atoms with Gasteiger partial charge in [-0.3, -0.25) is 4.79 Å². The number of benzene rings is 2. The van der Waals surface area contributed by atoms with Crippen LogP contribution in [0.25, 0.3) is 6.08 Å². The first-order valence-corrected chi connectivity index (χ1v) is 7.20. The number of aryl methyl sites for hydroxylation is 2. The van der Waals surface area contributed by atoms with E-state index in [4.69, 9.17) is 9.84 Å². The number of hydrogen-bond donors (Lipinski definition) is 1. The maximum atomic E-state index is 12.2. The van der Waals surface area contributed by atoms with E-state index in [2.05, 4.69) is 0 Å². The molecule has 0 aliphatic rings. The van der Waals surface area contributed by atoms with Crippen LogP contribution in [0.5, 0.6) is 5.75 Å². The molecule has 4 nitrogen and oxygen atoms in total. The molecule has 0 aromatic heterocycles. The van der Waals surface area contributed by atoms with Crippen LogP contribution >= 0.6 is 0 Å². The topological polar surface area (TPSA) is 63.6 Å². The number of allylic oxidation sites excluding steroid dienone is 1. The highest BCUT2D eigenvalue weighted by molar-refractivity contribution is 6.06. The molecular formula is C19H18O4. The number of ether oxygens (including phenoxy) is 1. The molecule has 4 heteroatoms. The summed E-state index contributed by atoms with van der Waals surface area (Å²) in [6, 6.07) is 12.5. The molecule has 118 valence electrons. The molecule has 2 rings (SSSR count). The van der Waals surface area contributed by atoms with Crippen LogP contribution in [0.4, 0.5) is 0 Å². The molecule has 0 unspecified atom stereocenters. The average molecular weight is 310 g/mol. The SMILES string of the molecule is Cc1ccc(C)c(/C=C/C(=O)c2ccc(OCC(=O)O)cc2)c1. The van der Waals surface area contributed by atoms with Gasteiger partial charge in [0.25, 0.3) is 0 Å². The van der Waals surface area contributed by atoms with Crippen LogP contribution in [-0.2, 0) is 4.79 Å². The predicted octanol–water partition coefficient (Wildman–Crippen LogP) is 3.66. The lowest BCUT2D eigenvalue weighted by Gasteiger charge is -2.04. The molecule has 0 aliphatic carbocycles. The lowest BCUT2D eigenvalue weighted by Crippen LogP contribution is -2.09. The van der Waals surface area contributed by atoms with Crippen LogP contribution in [0, 0.1) is 13.8 Å². The molecule has 0 spiro atoms. The van der Waals surface area contributed by atoms with Crippen molar-refractivity contribution in [1.82, 2.24) is 0 Å². The average Bonchev–Trinajstić information content (AvgIpc) is 2.54. The van der Waals surface area contributed by atoms with Crippen molar-refractivity contribution in [2.45, 2.75) is 13.8 Å². The van der Waals surface area contributed by atoms with E-state index in [1.807, 2.05) is 32.0 Å². The minimum Gasteiger partial charge on any atom is -0.482 e. The van der Waals surface area contributed by atoms with Gasteiger partial charge in [-0.05, 0) is 55.3 Å². The van der Waals surface area contributed by atoms with Gasteiger partial charge in [0.2, 0.25) is 0 Å². The van der Waals surface area contributed by atoms with Gasteiger partial charge < -0.3 is 9.84 Å². The lowest BCUT2D eigenvalue weighted by atomic mass is 10.0. The van der Waals surface area contributed by atoms with Gasteiger partial charge in [0.15, 0.2) is 12.4 Å². The van der Waals surface area contributed by atoms with Crippen molar-refractivity contribution in [3.63, 3.8) is 0 Å². The molecule has 0 aliphatic heterocycles. The zero-order chi connectivity index (χ0) is 16.8. The normalized spacial score (nSPS) is 10.7. The molecule has 2 aromatic rings. The first-order chi connectivity index (χ1) is 11.0. The fraction of sp³-hybridized carbons (Fsp3) is 0.158. The number of carbonyl (C=O) groups excluding carboxylic acids is 1. The summed E-state index contributed by atoms with van der Waals surface area (Å²) in [5, 5.41) is 8.55. The number of rotatable bonds is 6. The highest BCUT2D eigenvalue weighted by Gasteiger charge is 2.04. The summed E-state index contributed by atoms with van der Waals surface area (Å²) in [5.41, 5.74) is 3.79. The van der Waals surface area contributed by atoms with Crippen molar-refractivity contribution in [3.8, 4) is 5.75 Å². The lowest BCUT2D eigenvalue weighted by molar-refractivity contribution is -0.139. The van der Waals surface area contributed by atoms with Gasteiger partial charge >= 0.3 is 5.97 Å². The first-order valence-electron chi connectivity index (χ1n) is 7.20. The zero-order valence-corrected chi connectivity index (χ0v) is 13.1. The number of hydrogen-bond acceptors (Lipinski definition) is 3. The molecule has 2 aromatic carbocycles. The van der Waals surface area contributed by atoms with E-state index < -0.39 is 12.6 Å². The van der Waals surface area contributed by atoms with E-state index in [-0.39, 0.29) is 5.78 Å². The zero-order valence-electron chi connectivity index (χ0n) is 13.1. The van der Waals surface area contributed by atoms with Crippen LogP contribution in [0.3, 0.4) is 0 Å². The van der Waals surface area contributed by atoms with Gasteiger partial charge in [0.1, 0.15) is 5.75 Å². The Hall–Kier alpha value is -2.88. The van der Waals surface area contributed by atoms with E-state index in [1.165, 1.54) is 6.08 Å². The van der Waals surface area contributed by atoms with Crippen LogP contribution in [-0.4, -0.2) is 23.5 Å². The van der Waals surface area contributed by atoms with Gasteiger partial charge in [-0.25, -0.2) is 4.79 Å². The van der Waals surface area contributed by atoms with E-state index in [9.17, 15) is 9.59 Å². The summed E-state index contributed by atoms with van der Waals surface area (Å²) in [6.45, 7) is 3.60. The fourth-order valence-electron chi connectivity index (χ4n) is 2.06. The van der Waals surface area contributed by atoms with E-state index in [1.54, 1.807) is 30.3 Å². The van der Waals surface area contributed by atoms with E-state index in [0.717, 1.165) is 16.7 Å². The van der Waals surface area contributed by atoms with Gasteiger partial charge in [0.05, 0.1) is 0 Å². The second-order valence-electron chi connectivity index (χ2n) is 5.26. The molecule has 0 atom stereocenters. The third kappa shape index (κ3) is 4.81. The Morgan fingerprint density at radius 3 is 2.43 bits per heavy atom. The minimum atomic E-state index is -1.04. The molecule has 0 saturated carbocycles. The summed E-state index contributed by atoms with van der Waals surface area (Å²) in [7, 11) is 0. The second kappa shape index (κ2) is 7.40. The molecule has 23 heavy (non-hydrogen) atoms. The van der Waals surface area contributed by atoms with Crippen LogP contribution in [0.15, 0.2) is 48.5 Å². The summed E-state index contributed by atoms with van der Waals surface area (Å²) >= 11 is 0. The molecule has 0 fully saturated rings. The molecule has 0 heterocycles. The van der Waals surface area contributed by atoms with Crippen molar-refractivity contribution in [2.75, 3.05) is 6.61 Å². The van der Waals surface area contributed by atoms with Crippen LogP contribution in [0.2, 0.25) is 0 Å². The van der Waals surface area contributed by atoms with Crippen molar-refractivity contribution in [2.24, 2.45) is 0 Å². The summed E-state index contributed by atoms with van der Waals surface area (Å²) in [5.74, 6) is -0.736. The molecule has 1 N–H and O–H groups in total. The van der Waals surface area contributed by atoms with Gasteiger partial charge in [-0.15, -0.1) is 0 Å². The van der Waals surface area contributed by atoms with Crippen molar-refractivity contribution in [1.29, 1.82) is 0 Å². The maximum Gasteiger partial charge on any atom is 0.341 e. The number of carboxylic acid groups (broad SMARTS) is 1. The van der Waals surface area contributed by atoms with Crippen LogP contribution in [0.1, 0.15) is 27.0 Å². The fourth-order valence-corrected chi connectivity index (χ4v) is 2.06. The maximum absolute atomic E-state index is 12.2. The van der Waals surface area contributed by atoms with Gasteiger partial charge in [-0.1, -0.05) is 29.8 Å². The molecule has 0 radical (unpaired) electrons. The quantitative estimate of drug-likeness (QED) is 0.653. The number of carboxylic acids is 1. The van der Waals surface area contributed by atoms with E-state index in [0.29, 0.717) is 11.3 Å². The molecule has 0 saturated heterocycles. The Kier molecular flexibility index (Phi) is 5.31. The monoisotopic (exact) mass is 310 g/mol. The van der Waals surface area contributed by atoms with E-state index >= 15 is 0 Å². The number of aliphatic carboxylic acids is 1. The standard InChI is InChI=1S/C19H18O4/c1-13-3-4-14(2)16(11-13)7-10-18(20)15-5-8-17(9-6-15)23-12-19(21)22/h3-11H,12H2,1-2H3,(H,21,22)/b10-7+. The molecule has 0 amide bonds. The van der Waals surface area contributed by atoms with Crippen LogP contribution < -0.4 is 4.74 Å². The second-order valence-corrected chi connectivity index (χ2v) is 5.26. The Balaban J connectivity index is 2.07. The Bertz CT molecular complexity index is 742. The van der Waals surface area contributed by atoms with Crippen molar-refractivity contribution < 1.29 is 19.4 Å². The number of ketones is 1. The van der Waals surface area contributed by atoms with Crippen molar-refractivity contribution in [3.05, 3.63) is 70.8 Å². The minimum absolute atomic E-state index is 0.115. The highest BCUT2D eigenvalue weighted by Crippen LogP contribution is 2.15. The Labute approximate surface area is 135 Å². The summed E-state index contributed by atoms with van der Waals surface area (Å²) in [6.07, 6.45) is 3.34. The largest absolute Gasteiger partial charge is 0.482 e. The predicted molar refractivity (Wildman–Crippen MR) is 88.9 cm³/mol. The first kappa shape index (κ1) is 16.5. The Morgan fingerprint density at radius 1 is 1.09 bits per heavy atom. The van der Waals surface area contributed by atoms with Gasteiger partial charge in [0, 0.05) is 5.56 Å². The van der Waals surface area contributed by atoms with Gasteiger partial charge in [-0.2, -0.15) is 0 Å².